The Hall–Kier alpha value is -1.70. The molecule has 0 heterocycles. The van der Waals surface area contributed by atoms with Crippen molar-refractivity contribution in [3.63, 3.8) is 0 Å². The third-order valence-electron chi connectivity index (χ3n) is 2.74. The van der Waals surface area contributed by atoms with E-state index in [1.165, 1.54) is 12.1 Å². The molecule has 0 radical (unpaired) electrons. The first kappa shape index (κ1) is 15.7. The van der Waals surface area contributed by atoms with E-state index in [1.54, 1.807) is 6.07 Å². The summed E-state index contributed by atoms with van der Waals surface area (Å²) in [5.74, 6) is 2.66. The van der Waals surface area contributed by atoms with E-state index in [9.17, 15) is 4.39 Å². The van der Waals surface area contributed by atoms with Crippen molar-refractivity contribution in [2.75, 3.05) is 11.9 Å². The van der Waals surface area contributed by atoms with Gasteiger partial charge in [0, 0.05) is 22.3 Å². The Morgan fingerprint density at radius 2 is 2.10 bits per heavy atom. The minimum absolute atomic E-state index is 0.0982. The summed E-state index contributed by atoms with van der Waals surface area (Å²) in [6, 6.07) is 10.2. The zero-order chi connectivity index (χ0) is 15.2. The minimum Gasteiger partial charge on any atom is -0.481 e. The van der Waals surface area contributed by atoms with Crippen molar-refractivity contribution in [3.05, 3.63) is 57.3 Å². The Bertz CT molecular complexity index is 684. The molecule has 0 atom stereocenters. The third-order valence-corrected chi connectivity index (χ3v) is 3.54. The molecule has 0 spiro atoms. The van der Waals surface area contributed by atoms with E-state index in [0.717, 1.165) is 10.0 Å². The molecule has 0 saturated carbocycles. The van der Waals surface area contributed by atoms with Crippen LogP contribution in [0.3, 0.4) is 0 Å². The highest BCUT2D eigenvalue weighted by molar-refractivity contribution is 9.10. The van der Waals surface area contributed by atoms with Crippen LogP contribution in [0.15, 0.2) is 40.9 Å². The average molecular weight is 369 g/mol. The van der Waals surface area contributed by atoms with Gasteiger partial charge in [0.2, 0.25) is 0 Å². The van der Waals surface area contributed by atoms with Crippen LogP contribution in [-0.2, 0) is 6.54 Å². The first-order chi connectivity index (χ1) is 10.1. The molecule has 0 aromatic heterocycles. The fourth-order valence-corrected chi connectivity index (χ4v) is 2.28. The van der Waals surface area contributed by atoms with Crippen molar-refractivity contribution < 1.29 is 9.13 Å². The van der Waals surface area contributed by atoms with E-state index in [-0.39, 0.29) is 11.6 Å². The molecule has 21 heavy (non-hydrogen) atoms. The first-order valence-electron chi connectivity index (χ1n) is 6.14. The predicted molar refractivity (Wildman–Crippen MR) is 87.2 cm³/mol. The number of terminal acetylenes is 1. The van der Waals surface area contributed by atoms with Crippen LogP contribution in [0.5, 0.6) is 5.75 Å². The maximum absolute atomic E-state index is 13.4. The molecule has 1 N–H and O–H groups in total. The maximum Gasteiger partial charge on any atom is 0.148 e. The lowest BCUT2D eigenvalue weighted by Crippen LogP contribution is -2.04. The molecule has 0 bridgehead atoms. The number of hydrogen-bond donors (Lipinski definition) is 1. The summed E-state index contributed by atoms with van der Waals surface area (Å²) < 4.78 is 19.8. The van der Waals surface area contributed by atoms with Gasteiger partial charge >= 0.3 is 0 Å². The van der Waals surface area contributed by atoms with Gasteiger partial charge in [0.1, 0.15) is 18.2 Å². The predicted octanol–water partition coefficient (Wildman–Crippen LogP) is 4.87. The van der Waals surface area contributed by atoms with Crippen LogP contribution >= 0.6 is 27.5 Å². The molecule has 2 nitrogen and oxygen atoms in total. The lowest BCUT2D eigenvalue weighted by atomic mass is 10.2. The molecule has 108 valence electrons. The lowest BCUT2D eigenvalue weighted by molar-refractivity contribution is 0.366. The Balaban J connectivity index is 2.13. The van der Waals surface area contributed by atoms with Gasteiger partial charge in [0.15, 0.2) is 0 Å². The molecule has 0 aliphatic carbocycles. The normalized spacial score (nSPS) is 10.0. The van der Waals surface area contributed by atoms with E-state index in [1.807, 2.05) is 18.2 Å². The monoisotopic (exact) mass is 367 g/mol. The Labute approximate surface area is 136 Å². The lowest BCUT2D eigenvalue weighted by Gasteiger charge is -2.12. The van der Waals surface area contributed by atoms with Gasteiger partial charge in [-0.1, -0.05) is 33.5 Å². The fraction of sp³-hybridized carbons (Fsp3) is 0.125. The molecule has 0 aliphatic rings. The molecular weight excluding hydrogens is 357 g/mol. The van der Waals surface area contributed by atoms with Gasteiger partial charge in [-0.15, -0.1) is 6.42 Å². The van der Waals surface area contributed by atoms with Crippen LogP contribution in [0.25, 0.3) is 0 Å². The van der Waals surface area contributed by atoms with Gasteiger partial charge in [0.25, 0.3) is 0 Å². The number of halogens is 3. The van der Waals surface area contributed by atoms with Crippen LogP contribution in [-0.4, -0.2) is 6.61 Å². The third kappa shape index (κ3) is 4.38. The first-order valence-corrected chi connectivity index (χ1v) is 7.31. The van der Waals surface area contributed by atoms with E-state index in [2.05, 4.69) is 27.2 Å². The standard InChI is InChI=1S/C16H12BrClFNO/c1-2-7-21-16-6-3-12(17)8-11(16)10-20-13-4-5-14(18)15(19)9-13/h1,3-6,8-9,20H,7,10H2. The second kappa shape index (κ2) is 7.35. The number of rotatable bonds is 5. The largest absolute Gasteiger partial charge is 0.481 e. The van der Waals surface area contributed by atoms with Gasteiger partial charge in [0.05, 0.1) is 5.02 Å². The molecule has 2 aromatic rings. The average Bonchev–Trinajstić information content (AvgIpc) is 2.47. The van der Waals surface area contributed by atoms with Crippen molar-refractivity contribution in [1.82, 2.24) is 0 Å². The molecule has 0 unspecified atom stereocenters. The molecule has 0 aliphatic heterocycles. The summed E-state index contributed by atoms with van der Waals surface area (Å²) >= 11 is 9.06. The number of hydrogen-bond acceptors (Lipinski definition) is 2. The number of anilines is 1. The topological polar surface area (TPSA) is 21.3 Å². The summed E-state index contributed by atoms with van der Waals surface area (Å²) in [6.07, 6.45) is 5.20. The van der Waals surface area contributed by atoms with E-state index in [0.29, 0.717) is 18.0 Å². The molecule has 2 rings (SSSR count). The highest BCUT2D eigenvalue weighted by Gasteiger charge is 2.06. The zero-order valence-corrected chi connectivity index (χ0v) is 13.3. The smallest absolute Gasteiger partial charge is 0.148 e. The van der Waals surface area contributed by atoms with Gasteiger partial charge in [-0.2, -0.15) is 0 Å². The van der Waals surface area contributed by atoms with Gasteiger partial charge < -0.3 is 10.1 Å². The molecule has 0 fully saturated rings. The van der Waals surface area contributed by atoms with E-state index >= 15 is 0 Å². The second-order valence-corrected chi connectivity index (χ2v) is 5.55. The molecule has 0 saturated heterocycles. The van der Waals surface area contributed by atoms with Crippen LogP contribution in [0.1, 0.15) is 5.56 Å². The van der Waals surface area contributed by atoms with Crippen LogP contribution in [0, 0.1) is 18.2 Å². The highest BCUT2D eigenvalue weighted by atomic mass is 79.9. The number of benzene rings is 2. The zero-order valence-electron chi connectivity index (χ0n) is 11.0. The van der Waals surface area contributed by atoms with Crippen molar-refractivity contribution in [2.24, 2.45) is 0 Å². The molecule has 0 amide bonds. The Morgan fingerprint density at radius 1 is 1.29 bits per heavy atom. The quantitative estimate of drug-likeness (QED) is 0.761. The summed E-state index contributed by atoms with van der Waals surface area (Å²) in [7, 11) is 0. The van der Waals surface area contributed by atoms with E-state index in [4.69, 9.17) is 22.8 Å². The van der Waals surface area contributed by atoms with Gasteiger partial charge in [-0.25, -0.2) is 4.39 Å². The van der Waals surface area contributed by atoms with Crippen molar-refractivity contribution in [1.29, 1.82) is 0 Å². The maximum atomic E-state index is 13.4. The summed E-state index contributed by atoms with van der Waals surface area (Å²) in [5.41, 5.74) is 1.55. The number of nitrogens with one attached hydrogen (secondary N) is 1. The van der Waals surface area contributed by atoms with Gasteiger partial charge in [-0.3, -0.25) is 0 Å². The highest BCUT2D eigenvalue weighted by Crippen LogP contribution is 2.25. The van der Waals surface area contributed by atoms with Crippen molar-refractivity contribution in [3.8, 4) is 18.1 Å². The number of ether oxygens (including phenoxy) is 1. The van der Waals surface area contributed by atoms with E-state index < -0.39 is 5.82 Å². The van der Waals surface area contributed by atoms with Crippen LogP contribution < -0.4 is 10.1 Å². The Morgan fingerprint density at radius 3 is 2.81 bits per heavy atom. The Kier molecular flexibility index (Phi) is 5.49. The van der Waals surface area contributed by atoms with Crippen LogP contribution in [0.2, 0.25) is 5.02 Å². The van der Waals surface area contributed by atoms with Crippen molar-refractivity contribution in [2.45, 2.75) is 6.54 Å². The van der Waals surface area contributed by atoms with Gasteiger partial charge in [-0.05, 0) is 36.4 Å². The minimum atomic E-state index is -0.459. The molecular formula is C16H12BrClFNO. The fourth-order valence-electron chi connectivity index (χ4n) is 1.75. The molecule has 5 heteroatoms. The SMILES string of the molecule is C#CCOc1ccc(Br)cc1CNc1ccc(Cl)c(F)c1. The van der Waals surface area contributed by atoms with Crippen molar-refractivity contribution >= 4 is 33.2 Å². The molecule has 2 aromatic carbocycles. The summed E-state index contributed by atoms with van der Waals surface area (Å²) in [4.78, 5) is 0. The second-order valence-electron chi connectivity index (χ2n) is 4.23. The van der Waals surface area contributed by atoms with Crippen LogP contribution in [0.4, 0.5) is 10.1 Å². The summed E-state index contributed by atoms with van der Waals surface area (Å²) in [5, 5.41) is 3.22. The summed E-state index contributed by atoms with van der Waals surface area (Å²) in [6.45, 7) is 0.671.